The monoisotopic (exact) mass is 444 g/mol. The van der Waals surface area contributed by atoms with Crippen molar-refractivity contribution < 1.29 is 13.2 Å². The normalized spacial score (nSPS) is 20.2. The number of nitrogens with zero attached hydrogens (tertiary/aromatic N) is 6. The summed E-state index contributed by atoms with van der Waals surface area (Å²) in [7, 11) is -0.538. The van der Waals surface area contributed by atoms with Gasteiger partial charge in [0.1, 0.15) is 11.6 Å². The number of rotatable bonds is 5. The lowest BCUT2D eigenvalue weighted by molar-refractivity contribution is -0.119. The number of piperidine rings is 1. The van der Waals surface area contributed by atoms with Crippen LogP contribution in [0.5, 0.6) is 0 Å². The van der Waals surface area contributed by atoms with Crippen LogP contribution in [0, 0.1) is 6.92 Å². The predicted molar refractivity (Wildman–Crippen MR) is 116 cm³/mol. The van der Waals surface area contributed by atoms with Crippen molar-refractivity contribution >= 4 is 21.9 Å². The van der Waals surface area contributed by atoms with Crippen molar-refractivity contribution in [1.82, 2.24) is 23.6 Å². The number of aromatic nitrogens is 3. The zero-order valence-corrected chi connectivity index (χ0v) is 19.0. The van der Waals surface area contributed by atoms with Gasteiger partial charge in [-0.1, -0.05) is 12.5 Å². The highest BCUT2D eigenvalue weighted by Crippen LogP contribution is 2.36. The van der Waals surface area contributed by atoms with Gasteiger partial charge in [-0.3, -0.25) is 14.7 Å². The van der Waals surface area contributed by atoms with Gasteiger partial charge in [-0.15, -0.1) is 0 Å². The number of carbonyl (C=O) groups is 1. The first kappa shape index (κ1) is 21.8. The van der Waals surface area contributed by atoms with Gasteiger partial charge in [0, 0.05) is 44.5 Å². The molecule has 0 radical (unpaired) electrons. The second kappa shape index (κ2) is 8.60. The molecule has 2 aromatic rings. The predicted octanol–water partition coefficient (Wildman–Crippen LogP) is 1.99. The molecule has 1 saturated heterocycles. The molecule has 166 valence electrons. The molecule has 9 nitrogen and oxygen atoms in total. The summed E-state index contributed by atoms with van der Waals surface area (Å²) in [5.74, 6) is 1.03. The molecule has 0 spiro atoms. The molecular formula is C21H28N6O3S. The van der Waals surface area contributed by atoms with Gasteiger partial charge in [-0.25, -0.2) is 9.97 Å². The number of pyridine rings is 1. The van der Waals surface area contributed by atoms with E-state index in [9.17, 15) is 13.2 Å². The van der Waals surface area contributed by atoms with E-state index in [0.29, 0.717) is 44.0 Å². The Morgan fingerprint density at radius 1 is 1.16 bits per heavy atom. The SMILES string of the molecule is Cc1nc(C2CCCCN2S(=O)(=O)N(C)C)nc2c1CCC(=O)N2Cc1ccccn1. The van der Waals surface area contributed by atoms with E-state index in [0.717, 1.165) is 29.8 Å². The topological polar surface area (TPSA) is 99.6 Å². The quantitative estimate of drug-likeness (QED) is 0.699. The Kier molecular flexibility index (Phi) is 6.05. The molecule has 0 N–H and O–H groups in total. The molecule has 1 unspecified atom stereocenters. The zero-order valence-electron chi connectivity index (χ0n) is 18.2. The zero-order chi connectivity index (χ0) is 22.2. The molecule has 0 aliphatic carbocycles. The fourth-order valence-corrected chi connectivity index (χ4v) is 5.52. The standard InChI is InChI=1S/C21H28N6O3S/c1-15-17-10-11-19(28)26(14-16-8-4-6-12-22-16)21(17)24-20(23-15)18-9-5-7-13-27(18)31(29,30)25(2)3/h4,6,8,12,18H,5,7,9-11,13-14H2,1-3H3. The van der Waals surface area contributed by atoms with Gasteiger partial charge in [0.25, 0.3) is 10.2 Å². The molecule has 2 aliphatic heterocycles. The summed E-state index contributed by atoms with van der Waals surface area (Å²) in [6.07, 6.45) is 5.04. The number of fused-ring (bicyclic) bond motifs is 1. The molecule has 4 rings (SSSR count). The van der Waals surface area contributed by atoms with E-state index in [1.807, 2.05) is 25.1 Å². The van der Waals surface area contributed by atoms with Crippen LogP contribution in [0.25, 0.3) is 0 Å². The molecule has 0 aromatic carbocycles. The van der Waals surface area contributed by atoms with Crippen molar-refractivity contribution in [2.75, 3.05) is 25.5 Å². The third kappa shape index (κ3) is 4.19. The number of carbonyl (C=O) groups excluding carboxylic acids is 1. The second-order valence-electron chi connectivity index (χ2n) is 8.18. The van der Waals surface area contributed by atoms with Gasteiger partial charge < -0.3 is 0 Å². The minimum Gasteiger partial charge on any atom is -0.290 e. The highest BCUT2D eigenvalue weighted by atomic mass is 32.2. The Balaban J connectivity index is 1.76. The fraction of sp³-hybridized carbons (Fsp3) is 0.524. The highest BCUT2D eigenvalue weighted by molar-refractivity contribution is 7.86. The Morgan fingerprint density at radius 2 is 1.97 bits per heavy atom. The van der Waals surface area contributed by atoms with Crippen LogP contribution in [-0.4, -0.2) is 58.5 Å². The third-order valence-electron chi connectivity index (χ3n) is 5.91. The molecular weight excluding hydrogens is 416 g/mol. The van der Waals surface area contributed by atoms with Gasteiger partial charge in [-0.05, 0) is 38.3 Å². The molecule has 10 heteroatoms. The Bertz CT molecular complexity index is 1070. The van der Waals surface area contributed by atoms with Crippen LogP contribution in [0.2, 0.25) is 0 Å². The van der Waals surface area contributed by atoms with Gasteiger partial charge in [0.2, 0.25) is 5.91 Å². The minimum atomic E-state index is -3.61. The van der Waals surface area contributed by atoms with Crippen molar-refractivity contribution in [1.29, 1.82) is 0 Å². The van der Waals surface area contributed by atoms with E-state index >= 15 is 0 Å². The highest BCUT2D eigenvalue weighted by Gasteiger charge is 2.38. The van der Waals surface area contributed by atoms with Gasteiger partial charge in [0.05, 0.1) is 18.3 Å². The summed E-state index contributed by atoms with van der Waals surface area (Å²) >= 11 is 0. The Labute approximate surface area is 183 Å². The molecule has 1 fully saturated rings. The summed E-state index contributed by atoms with van der Waals surface area (Å²) in [4.78, 5) is 28.3. The maximum absolute atomic E-state index is 12.9. The molecule has 31 heavy (non-hydrogen) atoms. The first-order valence-corrected chi connectivity index (χ1v) is 12.0. The molecule has 4 heterocycles. The number of anilines is 1. The van der Waals surface area contributed by atoms with Crippen LogP contribution in [0.4, 0.5) is 5.82 Å². The lowest BCUT2D eigenvalue weighted by Gasteiger charge is -2.36. The van der Waals surface area contributed by atoms with E-state index < -0.39 is 16.3 Å². The average Bonchev–Trinajstić information content (AvgIpc) is 2.76. The first-order chi connectivity index (χ1) is 14.8. The van der Waals surface area contributed by atoms with Crippen LogP contribution in [0.1, 0.15) is 54.5 Å². The summed E-state index contributed by atoms with van der Waals surface area (Å²) in [6.45, 7) is 2.67. The molecule has 0 bridgehead atoms. The maximum atomic E-state index is 12.9. The fourth-order valence-electron chi connectivity index (χ4n) is 4.22. The molecule has 1 amide bonds. The second-order valence-corrected chi connectivity index (χ2v) is 10.3. The van der Waals surface area contributed by atoms with Gasteiger partial charge in [0.15, 0.2) is 0 Å². The van der Waals surface area contributed by atoms with Crippen molar-refractivity contribution in [3.8, 4) is 0 Å². The first-order valence-electron chi connectivity index (χ1n) is 10.6. The van der Waals surface area contributed by atoms with E-state index in [4.69, 9.17) is 9.97 Å². The summed E-state index contributed by atoms with van der Waals surface area (Å²) in [5, 5.41) is 0. The molecule has 2 aromatic heterocycles. The molecule has 0 saturated carbocycles. The lowest BCUT2D eigenvalue weighted by atomic mass is 10.0. The minimum absolute atomic E-state index is 0.0105. The number of amides is 1. The Morgan fingerprint density at radius 3 is 2.68 bits per heavy atom. The van der Waals surface area contributed by atoms with E-state index in [2.05, 4.69) is 4.98 Å². The van der Waals surface area contributed by atoms with Crippen LogP contribution in [0.15, 0.2) is 24.4 Å². The summed E-state index contributed by atoms with van der Waals surface area (Å²) < 4.78 is 28.6. The lowest BCUT2D eigenvalue weighted by Crippen LogP contribution is -2.45. The van der Waals surface area contributed by atoms with Crippen molar-refractivity contribution in [2.24, 2.45) is 0 Å². The molecule has 1 atom stereocenters. The van der Waals surface area contributed by atoms with E-state index in [-0.39, 0.29) is 5.91 Å². The van der Waals surface area contributed by atoms with Crippen LogP contribution >= 0.6 is 0 Å². The van der Waals surface area contributed by atoms with Crippen molar-refractivity contribution in [2.45, 2.75) is 51.6 Å². The van der Waals surface area contributed by atoms with E-state index in [1.165, 1.54) is 22.7 Å². The van der Waals surface area contributed by atoms with E-state index in [1.54, 1.807) is 11.1 Å². The summed E-state index contributed by atoms with van der Waals surface area (Å²) in [5.41, 5.74) is 2.51. The van der Waals surface area contributed by atoms with Crippen molar-refractivity contribution in [3.63, 3.8) is 0 Å². The molecule has 2 aliphatic rings. The van der Waals surface area contributed by atoms with Gasteiger partial charge >= 0.3 is 0 Å². The largest absolute Gasteiger partial charge is 0.290 e. The number of aryl methyl sites for hydroxylation is 1. The number of hydrogen-bond donors (Lipinski definition) is 0. The van der Waals surface area contributed by atoms with Crippen LogP contribution < -0.4 is 4.90 Å². The van der Waals surface area contributed by atoms with Crippen LogP contribution in [0.3, 0.4) is 0 Å². The number of hydrogen-bond acceptors (Lipinski definition) is 6. The Hall–Kier alpha value is -2.43. The van der Waals surface area contributed by atoms with Crippen LogP contribution in [-0.2, 0) is 28.0 Å². The van der Waals surface area contributed by atoms with Gasteiger partial charge in [-0.2, -0.15) is 17.0 Å². The van der Waals surface area contributed by atoms with Crippen molar-refractivity contribution in [3.05, 3.63) is 47.2 Å². The average molecular weight is 445 g/mol. The maximum Gasteiger partial charge on any atom is 0.282 e. The third-order valence-corrected chi connectivity index (χ3v) is 7.86. The smallest absolute Gasteiger partial charge is 0.282 e. The summed E-state index contributed by atoms with van der Waals surface area (Å²) in [6, 6.07) is 5.16.